The first-order valence-electron chi connectivity index (χ1n) is 5.44. The lowest BCUT2D eigenvalue weighted by Crippen LogP contribution is -2.14. The van der Waals surface area contributed by atoms with E-state index in [0.29, 0.717) is 5.56 Å². The van der Waals surface area contributed by atoms with Gasteiger partial charge in [0.1, 0.15) is 0 Å². The maximum absolute atomic E-state index is 12.0. The summed E-state index contributed by atoms with van der Waals surface area (Å²) in [6.07, 6.45) is 2.94. The Hall–Kier alpha value is -2.56. The summed E-state index contributed by atoms with van der Waals surface area (Å²) >= 11 is 0. The number of hydrogen-bond acceptors (Lipinski definition) is 4. The Bertz CT molecular complexity index is 719. The van der Waals surface area contributed by atoms with Crippen molar-refractivity contribution in [3.8, 4) is 0 Å². The van der Waals surface area contributed by atoms with E-state index in [1.807, 2.05) is 12.1 Å². The summed E-state index contributed by atoms with van der Waals surface area (Å²) < 4.78 is 0. The van der Waals surface area contributed by atoms with Crippen molar-refractivity contribution in [1.82, 2.24) is 4.98 Å². The van der Waals surface area contributed by atoms with Crippen molar-refractivity contribution >= 4 is 22.3 Å². The summed E-state index contributed by atoms with van der Waals surface area (Å²) in [5.41, 5.74) is 0.451. The number of carbonyl (C=O) groups excluding carboxylic acids is 1. The Labute approximate surface area is 102 Å². The zero-order chi connectivity index (χ0) is 12.7. The number of nitrogens with zero attached hydrogens (tertiary/aromatic N) is 2. The summed E-state index contributed by atoms with van der Waals surface area (Å²) in [6.45, 7) is 0. The molecule has 1 aromatic carbocycles. The molecule has 0 atom stereocenters. The van der Waals surface area contributed by atoms with Gasteiger partial charge in [-0.2, -0.15) is 0 Å². The second-order valence-corrected chi connectivity index (χ2v) is 4.04. The predicted molar refractivity (Wildman–Crippen MR) is 65.7 cm³/mol. The zero-order valence-electron chi connectivity index (χ0n) is 9.29. The minimum absolute atomic E-state index is 0.0546. The number of nitro groups is 1. The van der Waals surface area contributed by atoms with Crippen LogP contribution in [0.1, 0.15) is 22.5 Å². The van der Waals surface area contributed by atoms with E-state index in [2.05, 4.69) is 4.98 Å². The third-order valence-electron chi connectivity index (χ3n) is 3.00. The summed E-state index contributed by atoms with van der Waals surface area (Å²) in [7, 11) is 0. The van der Waals surface area contributed by atoms with Crippen LogP contribution in [0, 0.1) is 10.1 Å². The Kier molecular flexibility index (Phi) is 2.19. The van der Waals surface area contributed by atoms with Crippen molar-refractivity contribution in [3.05, 3.63) is 57.9 Å². The highest BCUT2D eigenvalue weighted by Gasteiger charge is 2.29. The van der Waals surface area contributed by atoms with E-state index in [1.54, 1.807) is 18.3 Å². The van der Waals surface area contributed by atoms with Crippen LogP contribution in [-0.4, -0.2) is 15.7 Å². The number of allylic oxidation sites excluding steroid dienone is 1. The molecule has 1 aromatic heterocycles. The molecule has 1 aliphatic carbocycles. The van der Waals surface area contributed by atoms with Gasteiger partial charge in [-0.1, -0.05) is 24.3 Å². The normalized spacial score (nSPS) is 14.2. The fourth-order valence-electron chi connectivity index (χ4n) is 2.19. The molecular formula is C13H8N2O3. The third-order valence-corrected chi connectivity index (χ3v) is 3.00. The van der Waals surface area contributed by atoms with E-state index in [4.69, 9.17) is 0 Å². The molecule has 1 heterocycles. The smallest absolute Gasteiger partial charge is 0.292 e. The van der Waals surface area contributed by atoms with Crippen LogP contribution in [0.15, 0.2) is 36.5 Å². The number of ketones is 1. The number of benzene rings is 1. The molecule has 1 aliphatic rings. The monoisotopic (exact) mass is 240 g/mol. The number of fused-ring (bicyclic) bond motifs is 3. The summed E-state index contributed by atoms with van der Waals surface area (Å²) in [4.78, 5) is 26.5. The van der Waals surface area contributed by atoms with Crippen molar-refractivity contribution in [2.75, 3.05) is 0 Å². The molecule has 0 N–H and O–H groups in total. The molecule has 0 saturated heterocycles. The molecule has 0 radical (unpaired) electrons. The number of Topliss-reactive ketones (excluding diaryl/α,β-unsaturated/α-hetero) is 1. The Morgan fingerprint density at radius 2 is 2.06 bits per heavy atom. The van der Waals surface area contributed by atoms with Crippen molar-refractivity contribution in [1.29, 1.82) is 0 Å². The van der Waals surface area contributed by atoms with E-state index in [-0.39, 0.29) is 23.6 Å². The number of rotatable bonds is 1. The number of pyridine rings is 1. The molecule has 0 amide bonds. The van der Waals surface area contributed by atoms with Crippen LogP contribution in [0.3, 0.4) is 0 Å². The molecular weight excluding hydrogens is 232 g/mol. The second kappa shape index (κ2) is 3.73. The van der Waals surface area contributed by atoms with Gasteiger partial charge in [-0.25, -0.2) is 4.98 Å². The van der Waals surface area contributed by atoms with Gasteiger partial charge in [-0.15, -0.1) is 0 Å². The van der Waals surface area contributed by atoms with Gasteiger partial charge < -0.3 is 0 Å². The van der Waals surface area contributed by atoms with Crippen LogP contribution in [-0.2, 0) is 0 Å². The SMILES string of the molecule is O=C1CC=C([N+](=O)[O-])c2ncc3ccccc3c21. The number of hydrogen-bond donors (Lipinski definition) is 0. The summed E-state index contributed by atoms with van der Waals surface area (Å²) in [6, 6.07) is 7.27. The highest BCUT2D eigenvalue weighted by atomic mass is 16.6. The highest BCUT2D eigenvalue weighted by molar-refractivity contribution is 6.12. The maximum atomic E-state index is 12.0. The van der Waals surface area contributed by atoms with Crippen molar-refractivity contribution < 1.29 is 9.72 Å². The predicted octanol–water partition coefficient (Wildman–Crippen LogP) is 2.44. The van der Waals surface area contributed by atoms with Gasteiger partial charge in [-0.3, -0.25) is 14.9 Å². The van der Waals surface area contributed by atoms with Crippen molar-refractivity contribution in [2.24, 2.45) is 0 Å². The van der Waals surface area contributed by atoms with Crippen LogP contribution in [0.25, 0.3) is 16.5 Å². The topological polar surface area (TPSA) is 73.1 Å². The molecule has 18 heavy (non-hydrogen) atoms. The average Bonchev–Trinajstić information content (AvgIpc) is 2.38. The highest BCUT2D eigenvalue weighted by Crippen LogP contribution is 2.30. The summed E-state index contributed by atoms with van der Waals surface area (Å²) in [5, 5.41) is 12.5. The van der Waals surface area contributed by atoms with Crippen LogP contribution < -0.4 is 0 Å². The van der Waals surface area contributed by atoms with Gasteiger partial charge >= 0.3 is 0 Å². The lowest BCUT2D eigenvalue weighted by molar-refractivity contribution is -0.376. The van der Waals surface area contributed by atoms with E-state index in [0.717, 1.165) is 10.8 Å². The molecule has 0 bridgehead atoms. The van der Waals surface area contributed by atoms with Gasteiger partial charge in [0, 0.05) is 24.1 Å². The zero-order valence-corrected chi connectivity index (χ0v) is 9.29. The van der Waals surface area contributed by atoms with Crippen LogP contribution >= 0.6 is 0 Å². The molecule has 0 spiro atoms. The largest absolute Gasteiger partial charge is 0.294 e. The van der Waals surface area contributed by atoms with E-state index >= 15 is 0 Å². The first-order valence-corrected chi connectivity index (χ1v) is 5.44. The molecule has 0 unspecified atom stereocenters. The lowest BCUT2D eigenvalue weighted by Gasteiger charge is -2.12. The Balaban J connectivity index is 2.39. The molecule has 2 aromatic rings. The average molecular weight is 240 g/mol. The Morgan fingerprint density at radius 3 is 2.83 bits per heavy atom. The molecule has 0 saturated carbocycles. The third kappa shape index (κ3) is 1.41. The minimum Gasteiger partial charge on any atom is -0.294 e. The first kappa shape index (κ1) is 10.6. The molecule has 3 rings (SSSR count). The quantitative estimate of drug-likeness (QED) is 0.566. The molecule has 88 valence electrons. The molecule has 5 nitrogen and oxygen atoms in total. The lowest BCUT2D eigenvalue weighted by atomic mass is 9.93. The van der Waals surface area contributed by atoms with Gasteiger partial charge in [0.25, 0.3) is 5.70 Å². The second-order valence-electron chi connectivity index (χ2n) is 4.04. The Morgan fingerprint density at radius 1 is 1.28 bits per heavy atom. The molecule has 0 aliphatic heterocycles. The van der Waals surface area contributed by atoms with E-state index in [9.17, 15) is 14.9 Å². The first-order chi connectivity index (χ1) is 8.68. The fourth-order valence-corrected chi connectivity index (χ4v) is 2.19. The van der Waals surface area contributed by atoms with Crippen LogP contribution in [0.2, 0.25) is 0 Å². The van der Waals surface area contributed by atoms with E-state index in [1.165, 1.54) is 6.08 Å². The van der Waals surface area contributed by atoms with Crippen LogP contribution in [0.5, 0.6) is 0 Å². The van der Waals surface area contributed by atoms with Gasteiger partial charge in [0.2, 0.25) is 0 Å². The number of carbonyl (C=O) groups is 1. The van der Waals surface area contributed by atoms with Gasteiger partial charge in [0.15, 0.2) is 11.5 Å². The summed E-state index contributed by atoms with van der Waals surface area (Å²) in [5.74, 6) is -0.125. The van der Waals surface area contributed by atoms with E-state index < -0.39 is 4.92 Å². The minimum atomic E-state index is -0.493. The van der Waals surface area contributed by atoms with Gasteiger partial charge in [0.05, 0.1) is 10.5 Å². The molecule has 5 heteroatoms. The number of aromatic nitrogens is 1. The maximum Gasteiger partial charge on any atom is 0.292 e. The van der Waals surface area contributed by atoms with Crippen LogP contribution in [0.4, 0.5) is 0 Å². The van der Waals surface area contributed by atoms with Crippen molar-refractivity contribution in [3.63, 3.8) is 0 Å². The van der Waals surface area contributed by atoms with Gasteiger partial charge in [-0.05, 0) is 5.39 Å². The fraction of sp³-hybridized carbons (Fsp3) is 0.0769. The van der Waals surface area contributed by atoms with Crippen molar-refractivity contribution in [2.45, 2.75) is 6.42 Å². The molecule has 0 fully saturated rings. The standard InChI is InChI=1S/C13H8N2O3/c16-11-6-5-10(15(17)18)13-12(11)9-4-2-1-3-8(9)7-14-13/h1-5,7H,6H2.